The lowest BCUT2D eigenvalue weighted by Gasteiger charge is -2.12. The summed E-state index contributed by atoms with van der Waals surface area (Å²) in [5, 5.41) is 6.61. The number of halogens is 1. The van der Waals surface area contributed by atoms with Crippen molar-refractivity contribution < 1.29 is 4.74 Å². The molecular formula is C18H33IN4O. The van der Waals surface area contributed by atoms with Crippen LogP contribution in [0, 0.1) is 0 Å². The van der Waals surface area contributed by atoms with Crippen molar-refractivity contribution in [2.45, 2.75) is 33.4 Å². The van der Waals surface area contributed by atoms with Crippen molar-refractivity contribution in [1.82, 2.24) is 15.5 Å². The second kappa shape index (κ2) is 14.5. The predicted octanol–water partition coefficient (Wildman–Crippen LogP) is 2.85. The molecule has 0 amide bonds. The number of aliphatic imine (C=N–C) groups is 1. The Kier molecular flexibility index (Phi) is 14.0. The van der Waals surface area contributed by atoms with Gasteiger partial charge in [0.1, 0.15) is 0 Å². The van der Waals surface area contributed by atoms with E-state index in [9.17, 15) is 0 Å². The molecule has 1 rings (SSSR count). The average Bonchev–Trinajstić information content (AvgIpc) is 2.53. The normalized spacial score (nSPS) is 11.3. The predicted molar refractivity (Wildman–Crippen MR) is 113 cm³/mol. The largest absolute Gasteiger partial charge is 0.382 e. The van der Waals surface area contributed by atoms with E-state index < -0.39 is 0 Å². The summed E-state index contributed by atoms with van der Waals surface area (Å²) in [7, 11) is 4.16. The summed E-state index contributed by atoms with van der Waals surface area (Å²) >= 11 is 0. The van der Waals surface area contributed by atoms with Gasteiger partial charge in [0, 0.05) is 32.8 Å². The van der Waals surface area contributed by atoms with Gasteiger partial charge in [0.05, 0.1) is 6.54 Å². The highest BCUT2D eigenvalue weighted by Gasteiger charge is 1.99. The minimum Gasteiger partial charge on any atom is -0.382 e. The van der Waals surface area contributed by atoms with E-state index in [-0.39, 0.29) is 24.0 Å². The van der Waals surface area contributed by atoms with E-state index in [0.717, 1.165) is 45.2 Å². The van der Waals surface area contributed by atoms with Crippen LogP contribution in [-0.2, 0) is 17.8 Å². The number of nitrogens with zero attached hydrogens (tertiary/aromatic N) is 2. The van der Waals surface area contributed by atoms with Crippen molar-refractivity contribution in [2.24, 2.45) is 4.99 Å². The van der Waals surface area contributed by atoms with Crippen LogP contribution in [0.4, 0.5) is 0 Å². The Hall–Kier alpha value is -0.860. The SMILES string of the molecule is CCNC(=NCc1ccc(CN(C)C)cc1)NCCCOCC.I. The van der Waals surface area contributed by atoms with Crippen LogP contribution >= 0.6 is 24.0 Å². The summed E-state index contributed by atoms with van der Waals surface area (Å²) in [6.07, 6.45) is 0.984. The van der Waals surface area contributed by atoms with Crippen molar-refractivity contribution in [1.29, 1.82) is 0 Å². The van der Waals surface area contributed by atoms with E-state index in [4.69, 9.17) is 4.74 Å². The number of benzene rings is 1. The topological polar surface area (TPSA) is 48.9 Å². The molecule has 0 spiro atoms. The number of hydrogen-bond acceptors (Lipinski definition) is 3. The maximum Gasteiger partial charge on any atom is 0.191 e. The average molecular weight is 448 g/mol. The van der Waals surface area contributed by atoms with Crippen LogP contribution < -0.4 is 10.6 Å². The highest BCUT2D eigenvalue weighted by Crippen LogP contribution is 2.07. The first-order valence-electron chi connectivity index (χ1n) is 8.48. The van der Waals surface area contributed by atoms with Crippen LogP contribution in [0.5, 0.6) is 0 Å². The molecule has 0 atom stereocenters. The Morgan fingerprint density at radius 3 is 2.33 bits per heavy atom. The molecule has 5 nitrogen and oxygen atoms in total. The Balaban J connectivity index is 0.00000529. The van der Waals surface area contributed by atoms with Gasteiger partial charge in [-0.05, 0) is 45.5 Å². The third kappa shape index (κ3) is 10.8. The Morgan fingerprint density at radius 2 is 1.75 bits per heavy atom. The van der Waals surface area contributed by atoms with Gasteiger partial charge in [0.2, 0.25) is 0 Å². The Morgan fingerprint density at radius 1 is 1.08 bits per heavy atom. The molecule has 6 heteroatoms. The standard InChI is InChI=1S/C18H32N4O.HI/c1-5-19-18(20-12-7-13-23-6-2)21-14-16-8-10-17(11-9-16)15-22(3)4;/h8-11H,5-7,12-15H2,1-4H3,(H2,19,20,21);1H. The lowest BCUT2D eigenvalue weighted by molar-refractivity contribution is 0.145. The van der Waals surface area contributed by atoms with Crippen LogP contribution in [-0.4, -0.2) is 51.3 Å². The van der Waals surface area contributed by atoms with Crippen LogP contribution in [0.3, 0.4) is 0 Å². The molecule has 24 heavy (non-hydrogen) atoms. The number of hydrogen-bond donors (Lipinski definition) is 2. The van der Waals surface area contributed by atoms with Crippen LogP contribution in [0.25, 0.3) is 0 Å². The number of guanidine groups is 1. The zero-order valence-corrected chi connectivity index (χ0v) is 17.8. The third-order valence-corrected chi connectivity index (χ3v) is 3.25. The van der Waals surface area contributed by atoms with E-state index in [0.29, 0.717) is 6.54 Å². The molecule has 0 bridgehead atoms. The van der Waals surface area contributed by atoms with E-state index in [1.54, 1.807) is 0 Å². The molecule has 0 saturated carbocycles. The van der Waals surface area contributed by atoms with Crippen LogP contribution in [0.1, 0.15) is 31.4 Å². The molecule has 1 aromatic carbocycles. The van der Waals surface area contributed by atoms with Gasteiger partial charge in [-0.15, -0.1) is 24.0 Å². The fourth-order valence-electron chi connectivity index (χ4n) is 2.15. The quantitative estimate of drug-likeness (QED) is 0.250. The van der Waals surface area contributed by atoms with E-state index in [2.05, 4.69) is 65.8 Å². The number of nitrogens with one attached hydrogen (secondary N) is 2. The third-order valence-electron chi connectivity index (χ3n) is 3.25. The number of rotatable bonds is 10. The maximum atomic E-state index is 5.34. The molecule has 1 aromatic rings. The molecular weight excluding hydrogens is 415 g/mol. The van der Waals surface area contributed by atoms with Gasteiger partial charge in [0.25, 0.3) is 0 Å². The fourth-order valence-corrected chi connectivity index (χ4v) is 2.15. The first kappa shape index (κ1) is 23.1. The van der Waals surface area contributed by atoms with Crippen molar-refractivity contribution in [3.8, 4) is 0 Å². The highest BCUT2D eigenvalue weighted by molar-refractivity contribution is 14.0. The van der Waals surface area contributed by atoms with Gasteiger partial charge in [-0.25, -0.2) is 4.99 Å². The molecule has 0 aliphatic carbocycles. The summed E-state index contributed by atoms with van der Waals surface area (Å²) < 4.78 is 5.34. The molecule has 0 aromatic heterocycles. The van der Waals surface area contributed by atoms with Crippen molar-refractivity contribution in [3.63, 3.8) is 0 Å². The molecule has 2 N–H and O–H groups in total. The van der Waals surface area contributed by atoms with Gasteiger partial charge in [-0.1, -0.05) is 24.3 Å². The summed E-state index contributed by atoms with van der Waals surface area (Å²) in [5.41, 5.74) is 2.54. The molecule has 0 fully saturated rings. The maximum absolute atomic E-state index is 5.34. The molecule has 0 aliphatic rings. The molecule has 0 saturated heterocycles. The summed E-state index contributed by atoms with van der Waals surface area (Å²) in [4.78, 5) is 6.80. The minimum absolute atomic E-state index is 0. The molecule has 138 valence electrons. The highest BCUT2D eigenvalue weighted by atomic mass is 127. The smallest absolute Gasteiger partial charge is 0.191 e. The van der Waals surface area contributed by atoms with Gasteiger partial charge in [-0.3, -0.25) is 0 Å². The van der Waals surface area contributed by atoms with Gasteiger partial charge in [-0.2, -0.15) is 0 Å². The molecule has 0 aliphatic heterocycles. The molecule has 0 radical (unpaired) electrons. The monoisotopic (exact) mass is 448 g/mol. The van der Waals surface area contributed by atoms with Crippen LogP contribution in [0.2, 0.25) is 0 Å². The lowest BCUT2D eigenvalue weighted by atomic mass is 10.1. The van der Waals surface area contributed by atoms with E-state index in [1.165, 1.54) is 11.1 Å². The van der Waals surface area contributed by atoms with E-state index in [1.807, 2.05) is 6.92 Å². The van der Waals surface area contributed by atoms with Crippen molar-refractivity contribution in [3.05, 3.63) is 35.4 Å². The van der Waals surface area contributed by atoms with Gasteiger partial charge < -0.3 is 20.3 Å². The number of ether oxygens (including phenoxy) is 1. The first-order chi connectivity index (χ1) is 11.2. The first-order valence-corrected chi connectivity index (χ1v) is 8.48. The molecule has 0 heterocycles. The summed E-state index contributed by atoms with van der Waals surface area (Å²) in [6, 6.07) is 8.66. The zero-order chi connectivity index (χ0) is 16.9. The zero-order valence-electron chi connectivity index (χ0n) is 15.5. The van der Waals surface area contributed by atoms with Crippen molar-refractivity contribution in [2.75, 3.05) is 40.4 Å². The second-order valence-corrected chi connectivity index (χ2v) is 5.73. The van der Waals surface area contributed by atoms with E-state index >= 15 is 0 Å². The van der Waals surface area contributed by atoms with Gasteiger partial charge in [0.15, 0.2) is 5.96 Å². The second-order valence-electron chi connectivity index (χ2n) is 5.73. The van der Waals surface area contributed by atoms with Crippen LogP contribution in [0.15, 0.2) is 29.3 Å². The molecule has 0 unspecified atom stereocenters. The minimum atomic E-state index is 0. The Bertz CT molecular complexity index is 449. The van der Waals surface area contributed by atoms with Crippen molar-refractivity contribution >= 4 is 29.9 Å². The lowest BCUT2D eigenvalue weighted by Crippen LogP contribution is -2.38. The summed E-state index contributed by atoms with van der Waals surface area (Å²) in [6.45, 7) is 9.04. The fraction of sp³-hybridized carbons (Fsp3) is 0.611. The summed E-state index contributed by atoms with van der Waals surface area (Å²) in [5.74, 6) is 0.862. The Labute approximate surface area is 164 Å². The van der Waals surface area contributed by atoms with Gasteiger partial charge >= 0.3 is 0 Å².